The fraction of sp³-hybridized carbons (Fsp3) is 0.269. The summed E-state index contributed by atoms with van der Waals surface area (Å²) < 4.78 is 12.6. The van der Waals surface area contributed by atoms with Crippen molar-refractivity contribution in [3.05, 3.63) is 94.5 Å². The van der Waals surface area contributed by atoms with Crippen LogP contribution in [0.1, 0.15) is 28.5 Å². The number of benzene rings is 3. The highest BCUT2D eigenvalue weighted by Gasteiger charge is 2.48. The Bertz CT molecular complexity index is 1140. The summed E-state index contributed by atoms with van der Waals surface area (Å²) in [5.41, 5.74) is 3.35. The molecule has 0 aliphatic carbocycles. The first-order valence-corrected chi connectivity index (χ1v) is 11.2. The monoisotopic (exact) mass is 449 g/mol. The molecule has 1 N–H and O–H groups in total. The van der Waals surface area contributed by atoms with Crippen molar-refractivity contribution in [1.82, 2.24) is 5.32 Å². The van der Waals surface area contributed by atoms with Crippen LogP contribution in [0, 0.1) is 0 Å². The van der Waals surface area contributed by atoms with Gasteiger partial charge in [0.15, 0.2) is 0 Å². The Balaban J connectivity index is 1.33. The molecule has 3 aromatic carbocycles. The second kappa shape index (κ2) is 8.49. The first kappa shape index (κ1) is 20.9. The first-order chi connectivity index (χ1) is 15.5. The van der Waals surface area contributed by atoms with Gasteiger partial charge in [0.1, 0.15) is 11.5 Å². The molecule has 3 aromatic rings. The van der Waals surface area contributed by atoms with E-state index in [0.29, 0.717) is 22.8 Å². The first-order valence-electron chi connectivity index (χ1n) is 10.9. The molecule has 32 heavy (non-hydrogen) atoms. The van der Waals surface area contributed by atoms with E-state index in [2.05, 4.69) is 24.5 Å². The van der Waals surface area contributed by atoms with Crippen molar-refractivity contribution >= 4 is 17.7 Å². The summed E-state index contributed by atoms with van der Waals surface area (Å²) >= 11 is 6.35. The summed E-state index contributed by atoms with van der Waals surface area (Å²) in [6.07, 6.45) is -0.396. The minimum absolute atomic E-state index is 0.230. The summed E-state index contributed by atoms with van der Waals surface area (Å²) in [7, 11) is 2.15. The second-order valence-corrected chi connectivity index (χ2v) is 9.36. The van der Waals surface area contributed by atoms with Crippen LogP contribution in [0.3, 0.4) is 0 Å². The average molecular weight is 450 g/mol. The van der Waals surface area contributed by atoms with Gasteiger partial charge < -0.3 is 14.8 Å². The molecule has 5 rings (SSSR count). The summed E-state index contributed by atoms with van der Waals surface area (Å²) in [6, 6.07) is 23.9. The normalized spacial score (nSPS) is 23.2. The number of amides is 1. The fourth-order valence-corrected chi connectivity index (χ4v) is 5.13. The van der Waals surface area contributed by atoms with Crippen molar-refractivity contribution in [2.24, 2.45) is 0 Å². The predicted octanol–water partition coefficient (Wildman–Crippen LogP) is 5.66. The number of likely N-dealkylation sites (N-methyl/N-ethyl adjacent to an activating group) is 1. The maximum Gasteiger partial charge on any atom is 0.411 e. The van der Waals surface area contributed by atoms with Crippen molar-refractivity contribution in [2.75, 3.05) is 26.9 Å². The summed E-state index contributed by atoms with van der Waals surface area (Å²) in [4.78, 5) is 12.3. The number of rotatable bonds is 4. The van der Waals surface area contributed by atoms with Crippen LogP contribution >= 0.6 is 11.6 Å². The maximum absolute atomic E-state index is 12.3. The van der Waals surface area contributed by atoms with E-state index in [1.165, 1.54) is 5.56 Å². The minimum Gasteiger partial charge on any atom is -0.457 e. The van der Waals surface area contributed by atoms with E-state index in [1.807, 2.05) is 60.7 Å². The topological polar surface area (TPSA) is 47.6 Å². The lowest BCUT2D eigenvalue weighted by atomic mass is 9.84. The van der Waals surface area contributed by atoms with Gasteiger partial charge in [-0.3, -0.25) is 4.48 Å². The van der Waals surface area contributed by atoms with Crippen LogP contribution < -0.4 is 10.1 Å². The van der Waals surface area contributed by atoms with Gasteiger partial charge in [0, 0.05) is 34.5 Å². The van der Waals surface area contributed by atoms with Crippen molar-refractivity contribution in [2.45, 2.75) is 18.4 Å². The quantitative estimate of drug-likeness (QED) is 0.523. The van der Waals surface area contributed by atoms with Crippen LogP contribution in [0.4, 0.5) is 4.79 Å². The highest BCUT2D eigenvalue weighted by molar-refractivity contribution is 6.30. The van der Waals surface area contributed by atoms with Gasteiger partial charge in [0.25, 0.3) is 0 Å². The zero-order chi connectivity index (χ0) is 22.1. The van der Waals surface area contributed by atoms with E-state index < -0.39 is 6.09 Å². The molecule has 1 saturated heterocycles. The summed E-state index contributed by atoms with van der Waals surface area (Å²) in [5.74, 6) is 2.23. The van der Waals surface area contributed by atoms with Crippen molar-refractivity contribution in [1.29, 1.82) is 0 Å². The largest absolute Gasteiger partial charge is 0.457 e. The Morgan fingerprint density at radius 2 is 1.69 bits per heavy atom. The van der Waals surface area contributed by atoms with Gasteiger partial charge in [0.2, 0.25) is 6.73 Å². The molecule has 0 aromatic heterocycles. The lowest BCUT2D eigenvalue weighted by Crippen LogP contribution is -2.45. The van der Waals surface area contributed by atoms with Crippen molar-refractivity contribution in [3.63, 3.8) is 0 Å². The number of carbonyl (C=O) groups is 1. The number of para-hydroxylation sites is 1. The van der Waals surface area contributed by atoms with E-state index in [-0.39, 0.29) is 11.8 Å². The molecule has 3 atom stereocenters. The molecule has 1 amide bonds. The smallest absolute Gasteiger partial charge is 0.411 e. The van der Waals surface area contributed by atoms with Gasteiger partial charge in [-0.05, 0) is 29.8 Å². The Morgan fingerprint density at radius 1 is 1.00 bits per heavy atom. The number of nitrogens with zero attached hydrogens (tertiary/aromatic N) is 1. The number of fused-ring (bicyclic) bond motifs is 5. The van der Waals surface area contributed by atoms with Gasteiger partial charge in [-0.15, -0.1) is 0 Å². The molecule has 2 aliphatic rings. The number of hydrogen-bond acceptors (Lipinski definition) is 3. The van der Waals surface area contributed by atoms with E-state index in [9.17, 15) is 4.79 Å². The van der Waals surface area contributed by atoms with Crippen LogP contribution in [0.15, 0.2) is 72.8 Å². The number of hydrogen-bond donors (Lipinski definition) is 1. The molecule has 0 saturated carbocycles. The molecule has 2 aliphatic heterocycles. The molecule has 6 heteroatoms. The Kier molecular flexibility index (Phi) is 5.53. The number of quaternary nitrogens is 1. The molecule has 0 bridgehead atoms. The van der Waals surface area contributed by atoms with Crippen LogP contribution in [-0.4, -0.2) is 37.4 Å². The molecule has 0 spiro atoms. The third-order valence-corrected chi connectivity index (χ3v) is 6.69. The molecule has 0 radical (unpaired) electrons. The number of carbonyl (C=O) groups excluding carboxylic acids is 1. The number of likely N-dealkylation sites (tertiary alicyclic amines) is 1. The predicted molar refractivity (Wildman–Crippen MR) is 124 cm³/mol. The number of halogens is 1. The number of alkyl carbamates (subject to hydrolysis) is 1. The van der Waals surface area contributed by atoms with Crippen LogP contribution in [0.2, 0.25) is 5.02 Å². The summed E-state index contributed by atoms with van der Waals surface area (Å²) in [5, 5.41) is 3.55. The van der Waals surface area contributed by atoms with E-state index >= 15 is 0 Å². The highest BCUT2D eigenvalue weighted by Crippen LogP contribution is 2.51. The van der Waals surface area contributed by atoms with E-state index in [1.54, 1.807) is 0 Å². The Hall–Kier alpha value is -3.02. The SMILES string of the molecule is C[N+]1(COC(=O)NCc2ccccc2)CC2c3ccccc3Oc3ccc(Cl)cc3C2C1. The molecule has 2 heterocycles. The van der Waals surface area contributed by atoms with Crippen LogP contribution in [0.5, 0.6) is 11.5 Å². The standard InChI is InChI=1S/C26H25ClN2O3/c1-29(17-31-26(30)28-14-18-7-3-2-4-8-18)15-22-20-9-5-6-10-24(20)32-25-12-11-19(27)13-21(25)23(22)16-29/h2-13,22-23H,14-17H2,1H3/p+1. The van der Waals surface area contributed by atoms with Gasteiger partial charge in [-0.25, -0.2) is 4.79 Å². The molecule has 3 unspecified atom stereocenters. The maximum atomic E-state index is 12.3. The second-order valence-electron chi connectivity index (χ2n) is 8.92. The fourth-order valence-electron chi connectivity index (χ4n) is 4.95. The third-order valence-electron chi connectivity index (χ3n) is 6.46. The van der Waals surface area contributed by atoms with Crippen LogP contribution in [-0.2, 0) is 11.3 Å². The van der Waals surface area contributed by atoms with E-state index in [0.717, 1.165) is 35.7 Å². The van der Waals surface area contributed by atoms with E-state index in [4.69, 9.17) is 21.1 Å². The zero-order valence-corrected chi connectivity index (χ0v) is 18.7. The zero-order valence-electron chi connectivity index (χ0n) is 18.0. The van der Waals surface area contributed by atoms with Gasteiger partial charge >= 0.3 is 6.09 Å². The molecule has 164 valence electrons. The van der Waals surface area contributed by atoms with Gasteiger partial charge in [0.05, 0.1) is 20.1 Å². The van der Waals surface area contributed by atoms with Gasteiger partial charge in [-0.1, -0.05) is 60.1 Å². The minimum atomic E-state index is -0.396. The van der Waals surface area contributed by atoms with Gasteiger partial charge in [-0.2, -0.15) is 0 Å². The molecule has 5 nitrogen and oxygen atoms in total. The third kappa shape index (κ3) is 4.18. The van der Waals surface area contributed by atoms with Crippen molar-refractivity contribution in [3.8, 4) is 11.5 Å². The number of ether oxygens (including phenoxy) is 2. The number of nitrogens with one attached hydrogen (secondary N) is 1. The average Bonchev–Trinajstić information content (AvgIpc) is 3.10. The lowest BCUT2D eigenvalue weighted by Gasteiger charge is -2.29. The molecular weight excluding hydrogens is 424 g/mol. The summed E-state index contributed by atoms with van der Waals surface area (Å²) in [6.45, 7) is 2.45. The molecular formula is C26H26ClN2O3+. The Labute approximate surface area is 193 Å². The van der Waals surface area contributed by atoms with Crippen molar-refractivity contribution < 1.29 is 18.8 Å². The molecule has 1 fully saturated rings. The lowest BCUT2D eigenvalue weighted by molar-refractivity contribution is -0.915. The van der Waals surface area contributed by atoms with Crippen LogP contribution in [0.25, 0.3) is 0 Å². The Morgan fingerprint density at radius 3 is 2.50 bits per heavy atom. The highest BCUT2D eigenvalue weighted by atomic mass is 35.5.